The van der Waals surface area contributed by atoms with Crippen LogP contribution in [0.4, 0.5) is 5.82 Å². The van der Waals surface area contributed by atoms with Gasteiger partial charge in [0, 0.05) is 37.8 Å². The van der Waals surface area contributed by atoms with E-state index in [0.29, 0.717) is 23.4 Å². The van der Waals surface area contributed by atoms with Gasteiger partial charge in [0.25, 0.3) is 0 Å². The number of rotatable bonds is 3. The third kappa shape index (κ3) is 2.78. The van der Waals surface area contributed by atoms with Crippen molar-refractivity contribution < 1.29 is 9.90 Å². The molecule has 4 rings (SSSR count). The highest BCUT2D eigenvalue weighted by Gasteiger charge is 2.46. The number of aromatic carboxylic acids is 1. The van der Waals surface area contributed by atoms with Crippen LogP contribution in [0.3, 0.4) is 0 Å². The summed E-state index contributed by atoms with van der Waals surface area (Å²) in [7, 11) is 2.21. The Morgan fingerprint density at radius 2 is 2.00 bits per heavy atom. The van der Waals surface area contributed by atoms with Crippen LogP contribution in [-0.2, 0) is 0 Å². The standard InChI is InChI=1S/C20H23N3O2/c1-13-5-3-4-6-16(13)19-17-12-23(11-15(17)10-22(19)2)18-9-14(20(24)25)7-8-21-18/h3-9,15,17,19H,10-12H2,1-2H3,(H,24,25)/t15-,17+,19+/m0/s1. The molecule has 5 heteroatoms. The molecule has 1 aromatic heterocycles. The van der Waals surface area contributed by atoms with Gasteiger partial charge in [-0.2, -0.15) is 0 Å². The fraction of sp³-hybridized carbons (Fsp3) is 0.400. The molecule has 0 unspecified atom stereocenters. The molecule has 2 aromatic rings. The topological polar surface area (TPSA) is 56.7 Å². The van der Waals surface area contributed by atoms with Gasteiger partial charge in [0.05, 0.1) is 5.56 Å². The van der Waals surface area contributed by atoms with E-state index in [1.54, 1.807) is 18.3 Å². The van der Waals surface area contributed by atoms with Crippen LogP contribution < -0.4 is 4.90 Å². The van der Waals surface area contributed by atoms with Crippen molar-refractivity contribution >= 4 is 11.8 Å². The van der Waals surface area contributed by atoms with Crippen LogP contribution in [0.2, 0.25) is 0 Å². The Kier molecular flexibility index (Phi) is 3.96. The van der Waals surface area contributed by atoms with Gasteiger partial charge in [0.2, 0.25) is 0 Å². The molecule has 1 N–H and O–H groups in total. The number of carboxylic acids is 1. The average molecular weight is 337 g/mol. The van der Waals surface area contributed by atoms with Crippen LogP contribution in [0.5, 0.6) is 0 Å². The highest BCUT2D eigenvalue weighted by atomic mass is 16.4. The van der Waals surface area contributed by atoms with E-state index in [9.17, 15) is 9.90 Å². The minimum atomic E-state index is -0.902. The van der Waals surface area contributed by atoms with Gasteiger partial charge in [0.1, 0.15) is 5.82 Å². The molecule has 0 aliphatic carbocycles. The number of carbonyl (C=O) groups is 1. The van der Waals surface area contributed by atoms with E-state index in [-0.39, 0.29) is 0 Å². The SMILES string of the molecule is Cc1ccccc1[C@@H]1[C@@H]2CN(c3cc(C(=O)O)ccn3)C[C@@H]2CN1C. The first kappa shape index (κ1) is 16.1. The fourth-order valence-electron chi connectivity index (χ4n) is 4.56. The van der Waals surface area contributed by atoms with E-state index in [1.165, 1.54) is 11.1 Å². The van der Waals surface area contributed by atoms with Crippen molar-refractivity contribution in [3.05, 3.63) is 59.3 Å². The molecule has 2 fully saturated rings. The van der Waals surface area contributed by atoms with Crippen molar-refractivity contribution in [1.82, 2.24) is 9.88 Å². The molecule has 0 spiro atoms. The van der Waals surface area contributed by atoms with E-state index < -0.39 is 5.97 Å². The largest absolute Gasteiger partial charge is 0.478 e. The fourth-order valence-corrected chi connectivity index (χ4v) is 4.56. The molecule has 130 valence electrons. The Morgan fingerprint density at radius 3 is 2.76 bits per heavy atom. The van der Waals surface area contributed by atoms with Crippen LogP contribution >= 0.6 is 0 Å². The van der Waals surface area contributed by atoms with Crippen molar-refractivity contribution in [3.63, 3.8) is 0 Å². The normalized spacial score (nSPS) is 26.0. The number of nitrogens with zero attached hydrogens (tertiary/aromatic N) is 3. The molecule has 25 heavy (non-hydrogen) atoms. The molecule has 1 aromatic carbocycles. The quantitative estimate of drug-likeness (QED) is 0.933. The third-order valence-electron chi connectivity index (χ3n) is 5.72. The van der Waals surface area contributed by atoms with Gasteiger partial charge in [-0.05, 0) is 43.1 Å². The van der Waals surface area contributed by atoms with E-state index in [0.717, 1.165) is 25.5 Å². The monoisotopic (exact) mass is 337 g/mol. The zero-order chi connectivity index (χ0) is 17.6. The van der Waals surface area contributed by atoms with Gasteiger partial charge < -0.3 is 10.0 Å². The Labute approximate surface area is 147 Å². The molecule has 2 aliphatic rings. The van der Waals surface area contributed by atoms with Crippen molar-refractivity contribution in [3.8, 4) is 0 Å². The molecule has 0 amide bonds. The molecule has 0 radical (unpaired) electrons. The van der Waals surface area contributed by atoms with E-state index in [2.05, 4.69) is 53.0 Å². The summed E-state index contributed by atoms with van der Waals surface area (Å²) < 4.78 is 0. The lowest BCUT2D eigenvalue weighted by molar-refractivity contribution is 0.0697. The summed E-state index contributed by atoms with van der Waals surface area (Å²) in [6, 6.07) is 12.3. The molecule has 3 atom stereocenters. The summed E-state index contributed by atoms with van der Waals surface area (Å²) >= 11 is 0. The number of likely N-dealkylation sites (tertiary alicyclic amines) is 1. The number of aromatic nitrogens is 1. The summed E-state index contributed by atoms with van der Waals surface area (Å²) in [5.74, 6) is 1.01. The minimum Gasteiger partial charge on any atom is -0.478 e. The van der Waals surface area contributed by atoms with Crippen LogP contribution in [0, 0.1) is 18.8 Å². The van der Waals surface area contributed by atoms with Crippen LogP contribution in [-0.4, -0.2) is 47.6 Å². The molecular weight excluding hydrogens is 314 g/mol. The number of carboxylic acid groups (broad SMARTS) is 1. The molecular formula is C20H23N3O2. The predicted octanol–water partition coefficient (Wildman–Crippen LogP) is 2.83. The molecule has 2 aliphatic heterocycles. The molecule has 0 bridgehead atoms. The van der Waals surface area contributed by atoms with Crippen LogP contribution in [0.1, 0.15) is 27.5 Å². The predicted molar refractivity (Wildman–Crippen MR) is 96.9 cm³/mol. The lowest BCUT2D eigenvalue weighted by Crippen LogP contribution is -2.29. The van der Waals surface area contributed by atoms with Crippen LogP contribution in [0.15, 0.2) is 42.6 Å². The van der Waals surface area contributed by atoms with Crippen molar-refractivity contribution in [2.45, 2.75) is 13.0 Å². The molecule has 2 saturated heterocycles. The van der Waals surface area contributed by atoms with Gasteiger partial charge >= 0.3 is 5.97 Å². The summed E-state index contributed by atoms with van der Waals surface area (Å²) in [4.78, 5) is 20.4. The number of anilines is 1. The number of aryl methyl sites for hydroxylation is 1. The smallest absolute Gasteiger partial charge is 0.335 e. The maximum Gasteiger partial charge on any atom is 0.335 e. The number of hydrogen-bond acceptors (Lipinski definition) is 4. The summed E-state index contributed by atoms with van der Waals surface area (Å²) in [6.45, 7) is 5.11. The lowest BCUT2D eigenvalue weighted by Gasteiger charge is -2.28. The second-order valence-corrected chi connectivity index (χ2v) is 7.28. The average Bonchev–Trinajstić information content (AvgIpc) is 3.12. The Hall–Kier alpha value is -2.40. The van der Waals surface area contributed by atoms with Gasteiger partial charge in [-0.25, -0.2) is 9.78 Å². The first-order valence-electron chi connectivity index (χ1n) is 8.74. The minimum absolute atomic E-state index is 0.301. The van der Waals surface area contributed by atoms with Crippen LogP contribution in [0.25, 0.3) is 0 Å². The highest BCUT2D eigenvalue weighted by Crippen LogP contribution is 2.45. The van der Waals surface area contributed by atoms with Gasteiger partial charge in [-0.3, -0.25) is 4.90 Å². The molecule has 3 heterocycles. The van der Waals surface area contributed by atoms with Gasteiger partial charge in [-0.15, -0.1) is 0 Å². The first-order valence-corrected chi connectivity index (χ1v) is 8.74. The third-order valence-corrected chi connectivity index (χ3v) is 5.72. The maximum atomic E-state index is 11.2. The van der Waals surface area contributed by atoms with Crippen molar-refractivity contribution in [1.29, 1.82) is 0 Å². The van der Waals surface area contributed by atoms with E-state index >= 15 is 0 Å². The molecule has 5 nitrogen and oxygen atoms in total. The number of fused-ring (bicyclic) bond motifs is 1. The van der Waals surface area contributed by atoms with E-state index in [1.807, 2.05) is 0 Å². The zero-order valence-corrected chi connectivity index (χ0v) is 14.6. The summed E-state index contributed by atoms with van der Waals surface area (Å²) in [6.07, 6.45) is 1.60. The second-order valence-electron chi connectivity index (χ2n) is 7.28. The van der Waals surface area contributed by atoms with Gasteiger partial charge in [0.15, 0.2) is 0 Å². The Morgan fingerprint density at radius 1 is 1.20 bits per heavy atom. The molecule has 0 saturated carbocycles. The van der Waals surface area contributed by atoms with Crippen molar-refractivity contribution in [2.24, 2.45) is 11.8 Å². The first-order chi connectivity index (χ1) is 12.0. The Bertz CT molecular complexity index is 807. The number of benzene rings is 1. The maximum absolute atomic E-state index is 11.2. The second kappa shape index (κ2) is 6.15. The number of pyridine rings is 1. The van der Waals surface area contributed by atoms with Gasteiger partial charge in [-0.1, -0.05) is 24.3 Å². The highest BCUT2D eigenvalue weighted by molar-refractivity contribution is 5.88. The summed E-state index contributed by atoms with van der Waals surface area (Å²) in [5.41, 5.74) is 3.05. The van der Waals surface area contributed by atoms with Crippen molar-refractivity contribution in [2.75, 3.05) is 31.6 Å². The zero-order valence-electron chi connectivity index (χ0n) is 14.6. The summed E-state index contributed by atoms with van der Waals surface area (Å²) in [5, 5.41) is 9.22. The van der Waals surface area contributed by atoms with E-state index in [4.69, 9.17) is 0 Å². The number of hydrogen-bond donors (Lipinski definition) is 1. The Balaban J connectivity index is 1.60. The lowest BCUT2D eigenvalue weighted by atomic mass is 9.88.